The molecule has 7 rings (SSSR count). The van der Waals surface area contributed by atoms with Crippen molar-refractivity contribution in [1.82, 2.24) is 0 Å². The number of esters is 1. The first-order chi connectivity index (χ1) is 30.2. The molecule has 21 atom stereocenters. The highest BCUT2D eigenvalue weighted by atomic mass is 16.8. The molecule has 21 unspecified atom stereocenters. The highest BCUT2D eigenvalue weighted by Gasteiger charge is 2.73. The lowest BCUT2D eigenvalue weighted by Gasteiger charge is -2.72. The van der Waals surface area contributed by atoms with Gasteiger partial charge in [0.25, 0.3) is 0 Å². The number of aliphatic hydroxyl groups is 10. The summed E-state index contributed by atoms with van der Waals surface area (Å²) in [5.41, 5.74) is -3.06. The van der Waals surface area contributed by atoms with Gasteiger partial charge in [0.15, 0.2) is 12.4 Å². The first kappa shape index (κ1) is 50.7. The quantitative estimate of drug-likeness (QED) is 0.0607. The number of carboxylic acids is 1. The van der Waals surface area contributed by atoms with E-state index >= 15 is 0 Å². The Morgan fingerprint density at radius 3 is 2.12 bits per heavy atom. The number of carbonyl (C=O) groups is 2. The third-order valence-corrected chi connectivity index (χ3v) is 18.8. The van der Waals surface area contributed by atoms with Crippen molar-refractivity contribution < 1.29 is 89.4 Å². The van der Waals surface area contributed by atoms with Crippen molar-refractivity contribution in [3.63, 3.8) is 0 Å². The lowest BCUT2D eigenvalue weighted by molar-refractivity contribution is -0.398. The van der Waals surface area contributed by atoms with E-state index in [1.807, 2.05) is 20.8 Å². The molecule has 11 N–H and O–H groups in total. The fourth-order valence-electron chi connectivity index (χ4n) is 14.5. The standard InChI is InChI=1S/C47H74O18/c1-9-22(2)39(60)64-37-36(57)46(20-49)24(16-41(37,3)4)23-10-11-27-42(5)14-13-29(43(6,19-48)26(42)12-15-44(27,7)45(23,8)17-28(46)52)62-40-32(55)33(31(54)34(63-40)38(58)59)65-47(21-50)35(56)30(53)25(51)18-61-47/h9-10,24-37,40,48-57H,11-21H2,1-8H3,(H,58,59). The molecule has 0 aromatic rings. The van der Waals surface area contributed by atoms with Gasteiger partial charge in [0.2, 0.25) is 5.79 Å². The molecule has 5 aliphatic carbocycles. The van der Waals surface area contributed by atoms with Crippen LogP contribution in [0, 0.1) is 50.2 Å². The molecule has 4 saturated carbocycles. The molecule has 2 heterocycles. The number of rotatable bonds is 10. The van der Waals surface area contributed by atoms with E-state index in [4.69, 9.17) is 23.7 Å². The van der Waals surface area contributed by atoms with E-state index < -0.39 is 149 Å². The van der Waals surface area contributed by atoms with Crippen LogP contribution >= 0.6 is 0 Å². The maximum Gasteiger partial charge on any atom is 0.335 e. The number of carboxylic acid groups (broad SMARTS) is 1. The average Bonchev–Trinajstić information content (AvgIpc) is 3.25. The highest BCUT2D eigenvalue weighted by molar-refractivity contribution is 5.87. The number of hydrogen-bond donors (Lipinski definition) is 11. The second kappa shape index (κ2) is 17.4. The first-order valence-corrected chi connectivity index (χ1v) is 23.2. The minimum absolute atomic E-state index is 0.0217. The van der Waals surface area contributed by atoms with Crippen LogP contribution in [0.15, 0.2) is 23.3 Å². The van der Waals surface area contributed by atoms with Crippen molar-refractivity contribution in [2.24, 2.45) is 50.2 Å². The third kappa shape index (κ3) is 7.33. The largest absolute Gasteiger partial charge is 0.479 e. The van der Waals surface area contributed by atoms with Crippen LogP contribution in [0.3, 0.4) is 0 Å². The third-order valence-electron chi connectivity index (χ3n) is 18.8. The molecule has 0 radical (unpaired) electrons. The second-order valence-corrected chi connectivity index (χ2v) is 22.2. The predicted molar refractivity (Wildman–Crippen MR) is 227 cm³/mol. The molecule has 370 valence electrons. The summed E-state index contributed by atoms with van der Waals surface area (Å²) in [5, 5.41) is 122. The van der Waals surface area contributed by atoms with Gasteiger partial charge in [0, 0.05) is 16.4 Å². The molecule has 6 fully saturated rings. The summed E-state index contributed by atoms with van der Waals surface area (Å²) in [5.74, 6) is -5.27. The van der Waals surface area contributed by atoms with Crippen LogP contribution in [0.4, 0.5) is 0 Å². The van der Waals surface area contributed by atoms with Gasteiger partial charge < -0.3 is 79.9 Å². The fraction of sp³-hybridized carbons (Fsp3) is 0.872. The zero-order valence-corrected chi connectivity index (χ0v) is 38.9. The normalized spacial score (nSPS) is 51.9. The maximum atomic E-state index is 13.1. The molecule has 18 heteroatoms. The van der Waals surface area contributed by atoms with Gasteiger partial charge in [-0.05, 0) is 92.8 Å². The molecule has 0 bridgehead atoms. The average molecular weight is 927 g/mol. The molecule has 2 aliphatic heterocycles. The van der Waals surface area contributed by atoms with Crippen molar-refractivity contribution in [1.29, 1.82) is 0 Å². The summed E-state index contributed by atoms with van der Waals surface area (Å²) in [7, 11) is 0. The van der Waals surface area contributed by atoms with Gasteiger partial charge in [-0.3, -0.25) is 0 Å². The minimum atomic E-state index is -2.48. The van der Waals surface area contributed by atoms with E-state index in [1.165, 1.54) is 0 Å². The van der Waals surface area contributed by atoms with Gasteiger partial charge in [-0.15, -0.1) is 0 Å². The van der Waals surface area contributed by atoms with Crippen LogP contribution in [-0.4, -0.2) is 174 Å². The molecule has 0 spiro atoms. The first-order valence-electron chi connectivity index (χ1n) is 23.2. The summed E-state index contributed by atoms with van der Waals surface area (Å²) in [4.78, 5) is 25.5. The van der Waals surface area contributed by atoms with Gasteiger partial charge in [0.05, 0.1) is 37.4 Å². The number of aliphatic hydroxyl groups excluding tert-OH is 10. The minimum Gasteiger partial charge on any atom is -0.479 e. The number of hydrogen-bond acceptors (Lipinski definition) is 17. The summed E-state index contributed by atoms with van der Waals surface area (Å²) < 4.78 is 29.4. The maximum absolute atomic E-state index is 13.1. The number of fused-ring (bicyclic) bond motifs is 7. The fourth-order valence-corrected chi connectivity index (χ4v) is 14.5. The number of allylic oxidation sites excluding steroid dienone is 3. The zero-order valence-electron chi connectivity index (χ0n) is 38.9. The Kier molecular flexibility index (Phi) is 13.6. The Labute approximate surface area is 380 Å². The Morgan fingerprint density at radius 2 is 1.52 bits per heavy atom. The number of carbonyl (C=O) groups excluding carboxylic acids is 1. The van der Waals surface area contributed by atoms with E-state index in [2.05, 4.69) is 26.8 Å². The van der Waals surface area contributed by atoms with Crippen molar-refractivity contribution in [2.75, 3.05) is 26.4 Å². The molecule has 2 saturated heterocycles. The number of ether oxygens (including phenoxy) is 5. The van der Waals surface area contributed by atoms with Crippen LogP contribution in [0.5, 0.6) is 0 Å². The van der Waals surface area contributed by atoms with E-state index in [0.717, 1.165) is 5.57 Å². The zero-order chi connectivity index (χ0) is 48.2. The summed E-state index contributed by atoms with van der Waals surface area (Å²) in [6.45, 7) is 13.3. The molecular formula is C47H74O18. The smallest absolute Gasteiger partial charge is 0.335 e. The topological polar surface area (TPSA) is 303 Å². The Hall–Kier alpha value is -2.14. The van der Waals surface area contributed by atoms with Crippen molar-refractivity contribution in [3.8, 4) is 0 Å². The molecule has 18 nitrogen and oxygen atoms in total. The molecule has 0 aromatic carbocycles. The van der Waals surface area contributed by atoms with E-state index in [9.17, 15) is 65.8 Å². The van der Waals surface area contributed by atoms with E-state index in [0.29, 0.717) is 44.1 Å². The molecule has 0 aromatic heterocycles. The van der Waals surface area contributed by atoms with Crippen LogP contribution in [0.2, 0.25) is 0 Å². The molecule has 0 amide bonds. The van der Waals surface area contributed by atoms with Gasteiger partial charge in [-0.2, -0.15) is 0 Å². The molecule has 7 aliphatic rings. The lowest BCUT2D eigenvalue weighted by Crippen LogP contribution is -2.72. The number of aliphatic carboxylic acids is 1. The Morgan fingerprint density at radius 1 is 0.846 bits per heavy atom. The van der Waals surface area contributed by atoms with Crippen LogP contribution in [-0.2, 0) is 33.3 Å². The van der Waals surface area contributed by atoms with Crippen LogP contribution in [0.1, 0.15) is 100 Å². The summed E-state index contributed by atoms with van der Waals surface area (Å²) in [6.07, 6.45) is -12.1. The van der Waals surface area contributed by atoms with Crippen LogP contribution in [0.25, 0.3) is 0 Å². The van der Waals surface area contributed by atoms with Gasteiger partial charge in [-0.25, -0.2) is 9.59 Å². The van der Waals surface area contributed by atoms with Gasteiger partial charge in [-0.1, -0.05) is 59.3 Å². The van der Waals surface area contributed by atoms with Gasteiger partial charge in [0.1, 0.15) is 55.4 Å². The van der Waals surface area contributed by atoms with Crippen molar-refractivity contribution in [2.45, 2.75) is 180 Å². The molecular weight excluding hydrogens is 852 g/mol. The second-order valence-electron chi connectivity index (χ2n) is 22.2. The van der Waals surface area contributed by atoms with Crippen molar-refractivity contribution >= 4 is 11.9 Å². The summed E-state index contributed by atoms with van der Waals surface area (Å²) in [6, 6.07) is 0. The predicted octanol–water partition coefficient (Wildman–Crippen LogP) is 0.286. The lowest BCUT2D eigenvalue weighted by atomic mass is 9.33. The highest BCUT2D eigenvalue weighted by Crippen LogP contribution is 2.76. The Balaban J connectivity index is 1.17. The molecule has 65 heavy (non-hydrogen) atoms. The van der Waals surface area contributed by atoms with Crippen LogP contribution < -0.4 is 0 Å². The SMILES string of the molecule is CC=C(C)C(=O)OC1C(O)C2(CO)C(O)CC3(C)C(=CCC4C5(C)CCC(OC6OC(C(=O)O)C(O)C(OC7(CO)OCC(O)C(O)C7O)C6O)C(C)(CO)C5CCC43C)C2CC1(C)C. The van der Waals surface area contributed by atoms with Crippen molar-refractivity contribution in [3.05, 3.63) is 23.3 Å². The monoisotopic (exact) mass is 926 g/mol. The summed E-state index contributed by atoms with van der Waals surface area (Å²) >= 11 is 0. The van der Waals surface area contributed by atoms with Gasteiger partial charge >= 0.3 is 11.9 Å². The van der Waals surface area contributed by atoms with E-state index in [1.54, 1.807) is 19.9 Å². The Bertz CT molecular complexity index is 1870. The van der Waals surface area contributed by atoms with E-state index in [-0.39, 0.29) is 24.9 Å².